The molecule has 1 aromatic rings. The van der Waals surface area contributed by atoms with Crippen molar-refractivity contribution in [1.29, 1.82) is 0 Å². The fourth-order valence-corrected chi connectivity index (χ4v) is 3.26. The number of aromatic nitrogens is 2. The third-order valence-electron chi connectivity index (χ3n) is 4.42. The molecule has 24 heavy (non-hydrogen) atoms. The number of pyridine rings is 2. The van der Waals surface area contributed by atoms with E-state index in [1.165, 1.54) is 0 Å². The maximum atomic E-state index is 5.45. The molecule has 1 fully saturated rings. The van der Waals surface area contributed by atoms with Gasteiger partial charge in [-0.25, -0.2) is 0 Å². The molecule has 1 saturated heterocycles. The van der Waals surface area contributed by atoms with E-state index in [0.29, 0.717) is 5.11 Å². The van der Waals surface area contributed by atoms with Crippen molar-refractivity contribution in [3.8, 4) is 11.3 Å². The normalized spacial score (nSPS) is 16.5. The molecule has 1 aliphatic carbocycles. The SMILES string of the molecule is CN1CCN(C(=S)N=Nc2c3[nH]cccc-3c3cccnc23)CC1. The molecule has 7 heteroatoms. The lowest BCUT2D eigenvalue weighted by molar-refractivity contribution is 0.216. The summed E-state index contributed by atoms with van der Waals surface area (Å²) in [7, 11) is 2.12. The van der Waals surface area contributed by atoms with Crippen LogP contribution in [0.5, 0.6) is 0 Å². The Hall–Kier alpha value is -2.38. The fourth-order valence-electron chi connectivity index (χ4n) is 3.04. The van der Waals surface area contributed by atoms with Crippen molar-refractivity contribution >= 4 is 33.9 Å². The van der Waals surface area contributed by atoms with E-state index < -0.39 is 0 Å². The number of likely N-dealkylation sites (N-methyl/N-ethyl adjacent to an activating group) is 1. The lowest BCUT2D eigenvalue weighted by Gasteiger charge is -2.32. The molecule has 0 bridgehead atoms. The van der Waals surface area contributed by atoms with Gasteiger partial charge in [0.25, 0.3) is 0 Å². The summed E-state index contributed by atoms with van der Waals surface area (Å²) in [4.78, 5) is 12.1. The number of nitrogens with one attached hydrogen (secondary N) is 1. The molecule has 2 aliphatic heterocycles. The molecule has 3 heterocycles. The second kappa shape index (κ2) is 6.26. The van der Waals surface area contributed by atoms with Crippen LogP contribution in [0.4, 0.5) is 5.69 Å². The van der Waals surface area contributed by atoms with Crippen LogP contribution >= 0.6 is 12.2 Å². The van der Waals surface area contributed by atoms with Crippen LogP contribution in [0.3, 0.4) is 0 Å². The molecule has 1 N–H and O–H groups in total. The van der Waals surface area contributed by atoms with Crippen molar-refractivity contribution in [3.63, 3.8) is 0 Å². The second-order valence-corrected chi connectivity index (χ2v) is 6.35. The Morgan fingerprint density at radius 3 is 2.88 bits per heavy atom. The molecule has 0 unspecified atom stereocenters. The molecule has 0 saturated carbocycles. The van der Waals surface area contributed by atoms with Gasteiger partial charge in [-0.3, -0.25) is 4.98 Å². The van der Waals surface area contributed by atoms with Crippen LogP contribution in [-0.4, -0.2) is 58.1 Å². The minimum atomic E-state index is 0.539. The fraction of sp³-hybridized carbons (Fsp3) is 0.294. The monoisotopic (exact) mass is 338 g/mol. The number of rotatable bonds is 1. The predicted octanol–water partition coefficient (Wildman–Crippen LogP) is 3.28. The third kappa shape index (κ3) is 2.65. The zero-order valence-electron chi connectivity index (χ0n) is 13.4. The number of azo groups is 1. The van der Waals surface area contributed by atoms with E-state index in [1.54, 1.807) is 6.20 Å². The minimum Gasteiger partial charge on any atom is -0.359 e. The van der Waals surface area contributed by atoms with Crippen LogP contribution in [0.1, 0.15) is 0 Å². The zero-order chi connectivity index (χ0) is 16.5. The Bertz CT molecular complexity index is 878. The van der Waals surface area contributed by atoms with Crippen molar-refractivity contribution in [3.05, 3.63) is 36.7 Å². The van der Waals surface area contributed by atoms with Crippen molar-refractivity contribution in [1.82, 2.24) is 19.8 Å². The first-order valence-electron chi connectivity index (χ1n) is 7.97. The van der Waals surface area contributed by atoms with Gasteiger partial charge in [0.2, 0.25) is 5.11 Å². The Labute approximate surface area is 145 Å². The summed E-state index contributed by atoms with van der Waals surface area (Å²) in [6, 6.07) is 8.03. The number of piperazine rings is 1. The summed E-state index contributed by atoms with van der Waals surface area (Å²) in [5, 5.41) is 10.4. The van der Waals surface area contributed by atoms with Crippen LogP contribution in [0, 0.1) is 0 Å². The highest BCUT2D eigenvalue weighted by Gasteiger charge is 2.20. The highest BCUT2D eigenvalue weighted by Crippen LogP contribution is 2.42. The van der Waals surface area contributed by atoms with Crippen molar-refractivity contribution in [2.24, 2.45) is 10.2 Å². The molecule has 122 valence electrons. The number of H-pyrrole nitrogens is 1. The standard InChI is InChI=1S/C17H18N6S/c1-22-8-10-23(11-9-22)17(24)21-20-16-14-12(4-2-6-18-14)13-5-3-7-19-15(13)16/h2-7,18H,8-11H2,1H3. The number of hydrogen-bond donors (Lipinski definition) is 1. The first-order chi connectivity index (χ1) is 11.7. The van der Waals surface area contributed by atoms with Gasteiger partial charge >= 0.3 is 0 Å². The number of hydrogen-bond acceptors (Lipinski definition) is 4. The van der Waals surface area contributed by atoms with Gasteiger partial charge in [-0.1, -0.05) is 12.1 Å². The van der Waals surface area contributed by atoms with E-state index in [0.717, 1.165) is 54.0 Å². The molecule has 4 rings (SSSR count). The number of thiocarbonyl (C=S) groups is 1. The van der Waals surface area contributed by atoms with E-state index in [-0.39, 0.29) is 0 Å². The quantitative estimate of drug-likeness (QED) is 0.546. The van der Waals surface area contributed by atoms with Crippen molar-refractivity contribution in [2.75, 3.05) is 33.2 Å². The summed E-state index contributed by atoms with van der Waals surface area (Å²) >= 11 is 5.45. The first-order valence-corrected chi connectivity index (χ1v) is 8.38. The van der Waals surface area contributed by atoms with Gasteiger partial charge in [0, 0.05) is 49.5 Å². The highest BCUT2D eigenvalue weighted by atomic mass is 32.1. The van der Waals surface area contributed by atoms with Gasteiger partial charge in [-0.2, -0.15) is 0 Å². The van der Waals surface area contributed by atoms with Gasteiger partial charge in [-0.05, 0) is 31.4 Å². The van der Waals surface area contributed by atoms with Crippen LogP contribution in [0.25, 0.3) is 22.2 Å². The van der Waals surface area contributed by atoms with Gasteiger partial charge in [0.05, 0.1) is 5.69 Å². The average molecular weight is 338 g/mol. The Morgan fingerprint density at radius 2 is 2.04 bits per heavy atom. The van der Waals surface area contributed by atoms with Gasteiger partial charge < -0.3 is 14.8 Å². The molecule has 0 atom stereocenters. The lowest BCUT2D eigenvalue weighted by atomic mass is 10.2. The lowest BCUT2D eigenvalue weighted by Crippen LogP contribution is -2.46. The Kier molecular flexibility index (Phi) is 3.95. The van der Waals surface area contributed by atoms with Crippen LogP contribution in [-0.2, 0) is 0 Å². The summed E-state index contributed by atoms with van der Waals surface area (Å²) in [6.45, 7) is 3.77. The predicted molar refractivity (Wildman–Crippen MR) is 98.9 cm³/mol. The van der Waals surface area contributed by atoms with Crippen LogP contribution < -0.4 is 0 Å². The highest BCUT2D eigenvalue weighted by molar-refractivity contribution is 7.80. The van der Waals surface area contributed by atoms with Crippen molar-refractivity contribution in [2.45, 2.75) is 0 Å². The summed E-state index contributed by atoms with van der Waals surface area (Å²) in [6.07, 6.45) is 3.66. The molecule has 0 aromatic carbocycles. The maximum Gasteiger partial charge on any atom is 0.216 e. The molecule has 0 amide bonds. The average Bonchev–Trinajstić information content (AvgIpc) is 2.94. The Morgan fingerprint density at radius 1 is 1.21 bits per heavy atom. The third-order valence-corrected chi connectivity index (χ3v) is 4.76. The van der Waals surface area contributed by atoms with E-state index in [1.807, 2.05) is 18.3 Å². The number of nitrogens with zero attached hydrogens (tertiary/aromatic N) is 5. The molecular formula is C17H18N6S. The second-order valence-electron chi connectivity index (χ2n) is 5.98. The summed E-state index contributed by atoms with van der Waals surface area (Å²) in [5.41, 5.74) is 3.63. The Balaban J connectivity index is 1.67. The van der Waals surface area contributed by atoms with E-state index >= 15 is 0 Å². The number of aromatic amines is 1. The molecular weight excluding hydrogens is 320 g/mol. The molecule has 3 aliphatic rings. The minimum absolute atomic E-state index is 0.539. The number of fused-ring (bicyclic) bond motifs is 3. The zero-order valence-corrected chi connectivity index (χ0v) is 14.3. The smallest absolute Gasteiger partial charge is 0.216 e. The first kappa shape index (κ1) is 15.2. The van der Waals surface area contributed by atoms with E-state index in [9.17, 15) is 0 Å². The maximum absolute atomic E-state index is 5.45. The summed E-state index contributed by atoms with van der Waals surface area (Å²) < 4.78 is 0. The van der Waals surface area contributed by atoms with Gasteiger partial charge in [0.1, 0.15) is 11.2 Å². The molecule has 6 nitrogen and oxygen atoms in total. The largest absolute Gasteiger partial charge is 0.359 e. The summed E-state index contributed by atoms with van der Waals surface area (Å²) in [5.74, 6) is 0. The topological polar surface area (TPSA) is 59.9 Å². The molecule has 0 radical (unpaired) electrons. The molecule has 0 spiro atoms. The van der Waals surface area contributed by atoms with Gasteiger partial charge in [0.15, 0.2) is 0 Å². The van der Waals surface area contributed by atoms with Crippen molar-refractivity contribution < 1.29 is 0 Å². The van der Waals surface area contributed by atoms with Crippen LogP contribution in [0.15, 0.2) is 46.9 Å². The molecule has 1 aromatic heterocycles. The van der Waals surface area contributed by atoms with Gasteiger partial charge in [-0.15, -0.1) is 10.2 Å². The van der Waals surface area contributed by atoms with E-state index in [2.05, 4.69) is 49.2 Å². The van der Waals surface area contributed by atoms with E-state index in [4.69, 9.17) is 12.2 Å². The van der Waals surface area contributed by atoms with Crippen LogP contribution in [0.2, 0.25) is 0 Å².